The highest BCUT2D eigenvalue weighted by atomic mass is 32.1. The molecule has 7 nitrogen and oxygen atoms in total. The second-order valence-corrected chi connectivity index (χ2v) is 12.7. The molecule has 0 aliphatic carbocycles. The fourth-order valence-corrected chi connectivity index (χ4v) is 5.86. The maximum atomic E-state index is 13.6. The van der Waals surface area contributed by atoms with Crippen molar-refractivity contribution >= 4 is 29.2 Å². The van der Waals surface area contributed by atoms with E-state index in [2.05, 4.69) is 18.5 Å². The third-order valence-electron chi connectivity index (χ3n) is 8.17. The van der Waals surface area contributed by atoms with E-state index in [0.717, 1.165) is 35.5 Å². The van der Waals surface area contributed by atoms with Gasteiger partial charge in [0.05, 0.1) is 46.5 Å². The van der Waals surface area contributed by atoms with Crippen LogP contribution in [0.3, 0.4) is 0 Å². The fourth-order valence-electron chi connectivity index (χ4n) is 5.29. The van der Waals surface area contributed by atoms with Crippen molar-refractivity contribution in [2.75, 3.05) is 0 Å². The van der Waals surface area contributed by atoms with Gasteiger partial charge >= 0.3 is 5.97 Å². The van der Waals surface area contributed by atoms with Gasteiger partial charge < -0.3 is 19.7 Å². The Morgan fingerprint density at radius 1 is 1.30 bits per heavy atom. The zero-order chi connectivity index (χ0) is 27.5. The fraction of sp³-hybridized carbons (Fsp3) is 0.690. The Hall–Kier alpha value is -1.87. The van der Waals surface area contributed by atoms with Crippen LogP contribution in [0.15, 0.2) is 23.6 Å². The molecule has 2 aliphatic rings. The Labute approximate surface area is 225 Å². The van der Waals surface area contributed by atoms with E-state index in [4.69, 9.17) is 9.47 Å². The highest BCUT2D eigenvalue weighted by Crippen LogP contribution is 2.45. The molecule has 0 amide bonds. The average Bonchev–Trinajstić information content (AvgIpc) is 3.27. The van der Waals surface area contributed by atoms with E-state index < -0.39 is 35.6 Å². The van der Waals surface area contributed by atoms with E-state index in [0.29, 0.717) is 12.8 Å². The van der Waals surface area contributed by atoms with Crippen molar-refractivity contribution in [1.29, 1.82) is 0 Å². The summed E-state index contributed by atoms with van der Waals surface area (Å²) in [6.07, 6.45) is 3.71. The largest absolute Gasteiger partial charge is 0.458 e. The molecular formula is C29H43NO6S. The molecule has 8 heteroatoms. The zero-order valence-corrected chi connectivity index (χ0v) is 23.8. The van der Waals surface area contributed by atoms with Gasteiger partial charge in [0.25, 0.3) is 0 Å². The van der Waals surface area contributed by atoms with Crippen LogP contribution in [0.1, 0.15) is 83.8 Å². The molecule has 0 spiro atoms. The van der Waals surface area contributed by atoms with Crippen LogP contribution in [-0.2, 0) is 19.1 Å². The number of thiazole rings is 1. The number of aryl methyl sites for hydroxylation is 1. The van der Waals surface area contributed by atoms with E-state index in [1.807, 2.05) is 32.2 Å². The topological polar surface area (TPSA) is 109 Å². The Bertz CT molecular complexity index is 1020. The molecule has 37 heavy (non-hydrogen) atoms. The Balaban J connectivity index is 1.88. The molecule has 3 rings (SSSR count). The number of aliphatic hydroxyl groups excluding tert-OH is 2. The van der Waals surface area contributed by atoms with Crippen LogP contribution < -0.4 is 0 Å². The van der Waals surface area contributed by atoms with Crippen LogP contribution in [0.25, 0.3) is 6.08 Å². The maximum absolute atomic E-state index is 13.6. The first-order chi connectivity index (χ1) is 17.3. The lowest BCUT2D eigenvalue weighted by atomic mass is 9.71. The van der Waals surface area contributed by atoms with Crippen molar-refractivity contribution in [3.63, 3.8) is 0 Å². The molecule has 1 aromatic rings. The standard InChI is InChI=1S/C29H43NO6S/c1-8-10-21-26(33)17(2)11-9-12-29(7)24(36-29)14-22(18(3)13-20-16-37-19(4)30-20)35-25(32)15-23(31)28(5,6)27(21)34/h8,13,16-17,21-24,26,31,33H,1,9-12,14-15H2,2-7H3/t17-,21+,22-,23-,24-,26-,29-/m0/s1. The minimum absolute atomic E-state index is 0.0598. The smallest absolute Gasteiger partial charge is 0.309 e. The molecule has 2 saturated heterocycles. The Morgan fingerprint density at radius 2 is 2.00 bits per heavy atom. The van der Waals surface area contributed by atoms with Crippen LogP contribution in [0, 0.1) is 24.2 Å². The van der Waals surface area contributed by atoms with Gasteiger partial charge in [-0.1, -0.05) is 33.3 Å². The predicted octanol–water partition coefficient (Wildman–Crippen LogP) is 5.03. The number of fused-ring (bicyclic) bond motifs is 1. The minimum atomic E-state index is -1.26. The molecule has 2 aliphatic heterocycles. The highest BCUT2D eigenvalue weighted by Gasteiger charge is 2.53. The van der Waals surface area contributed by atoms with E-state index in [9.17, 15) is 19.8 Å². The Morgan fingerprint density at radius 3 is 2.62 bits per heavy atom. The number of aliphatic hydroxyl groups is 2. The number of hydrogen-bond acceptors (Lipinski definition) is 8. The molecule has 0 radical (unpaired) electrons. The van der Waals surface area contributed by atoms with Crippen molar-refractivity contribution < 1.29 is 29.3 Å². The van der Waals surface area contributed by atoms with E-state index in [-0.39, 0.29) is 29.8 Å². The van der Waals surface area contributed by atoms with Crippen LogP contribution >= 0.6 is 11.3 Å². The van der Waals surface area contributed by atoms with Gasteiger partial charge in [0.15, 0.2) is 0 Å². The van der Waals surface area contributed by atoms with Crippen LogP contribution in [0.2, 0.25) is 0 Å². The van der Waals surface area contributed by atoms with Crippen molar-refractivity contribution in [3.8, 4) is 0 Å². The van der Waals surface area contributed by atoms with E-state index in [1.165, 1.54) is 0 Å². The first kappa shape index (κ1) is 29.7. The van der Waals surface area contributed by atoms with E-state index >= 15 is 0 Å². The molecule has 0 aromatic carbocycles. The van der Waals surface area contributed by atoms with Crippen LogP contribution in [-0.4, -0.2) is 57.0 Å². The lowest BCUT2D eigenvalue weighted by molar-refractivity contribution is -0.154. The Kier molecular flexibility index (Phi) is 9.54. The number of allylic oxidation sites excluding steroid dienone is 1. The summed E-state index contributed by atoms with van der Waals surface area (Å²) in [5.41, 5.74) is 0.101. The van der Waals surface area contributed by atoms with Gasteiger partial charge in [-0.05, 0) is 57.6 Å². The summed E-state index contributed by atoms with van der Waals surface area (Å²) in [5, 5.41) is 25.0. The average molecular weight is 534 g/mol. The predicted molar refractivity (Wildman–Crippen MR) is 145 cm³/mol. The van der Waals surface area contributed by atoms with Gasteiger partial charge in [0.2, 0.25) is 0 Å². The zero-order valence-electron chi connectivity index (χ0n) is 23.0. The number of rotatable bonds is 4. The van der Waals surface area contributed by atoms with Crippen molar-refractivity contribution in [2.24, 2.45) is 17.3 Å². The van der Waals surface area contributed by atoms with Crippen molar-refractivity contribution in [3.05, 3.63) is 34.3 Å². The molecule has 3 heterocycles. The highest BCUT2D eigenvalue weighted by molar-refractivity contribution is 7.09. The van der Waals surface area contributed by atoms with Gasteiger partial charge in [-0.2, -0.15) is 0 Å². The van der Waals surface area contributed by atoms with Gasteiger partial charge in [-0.25, -0.2) is 4.98 Å². The molecule has 7 atom stereocenters. The number of epoxide rings is 1. The number of cyclic esters (lactones) is 1. The maximum Gasteiger partial charge on any atom is 0.309 e. The number of ketones is 1. The summed E-state index contributed by atoms with van der Waals surface area (Å²) < 4.78 is 12.0. The lowest BCUT2D eigenvalue weighted by Crippen LogP contribution is -2.46. The number of Topliss-reactive ketones (excluding diaryl/α,β-unsaturated/α-hetero) is 1. The van der Waals surface area contributed by atoms with Crippen molar-refractivity contribution in [1.82, 2.24) is 4.98 Å². The van der Waals surface area contributed by atoms with Gasteiger partial charge in [-0.3, -0.25) is 9.59 Å². The molecule has 2 fully saturated rings. The van der Waals surface area contributed by atoms with E-state index in [1.54, 1.807) is 31.3 Å². The third kappa shape index (κ3) is 7.16. The summed E-state index contributed by atoms with van der Waals surface area (Å²) >= 11 is 1.56. The monoisotopic (exact) mass is 533 g/mol. The first-order valence-electron chi connectivity index (χ1n) is 13.3. The van der Waals surface area contributed by atoms with Gasteiger partial charge in [-0.15, -0.1) is 17.9 Å². The quantitative estimate of drug-likeness (QED) is 0.317. The number of aromatic nitrogens is 1. The second kappa shape index (κ2) is 11.9. The number of hydrogen-bond donors (Lipinski definition) is 2. The van der Waals surface area contributed by atoms with Crippen LogP contribution in [0.4, 0.5) is 0 Å². The van der Waals surface area contributed by atoms with Gasteiger partial charge in [0.1, 0.15) is 11.9 Å². The minimum Gasteiger partial charge on any atom is -0.458 e. The summed E-state index contributed by atoms with van der Waals surface area (Å²) in [6.45, 7) is 14.9. The SMILES string of the molecule is C=CC[C@H]1C(=O)C(C)(C)[C@@H](O)CC(=O)O[C@H](C(C)=Cc2csc(C)n2)C[C@@H]2O[C@@]2(C)CCC[C@H](C)[C@@H]1O. The molecular weight excluding hydrogens is 490 g/mol. The van der Waals surface area contributed by atoms with Crippen LogP contribution in [0.5, 0.6) is 0 Å². The number of ether oxygens (including phenoxy) is 2. The lowest BCUT2D eigenvalue weighted by Gasteiger charge is -2.35. The summed E-state index contributed by atoms with van der Waals surface area (Å²) in [5.74, 6) is -1.67. The third-order valence-corrected chi connectivity index (χ3v) is 8.96. The number of carbonyl (C=O) groups is 2. The van der Waals surface area contributed by atoms with Gasteiger partial charge in [0, 0.05) is 17.7 Å². The van der Waals surface area contributed by atoms with Crippen molar-refractivity contribution in [2.45, 2.75) is 110 Å². The molecule has 1 aromatic heterocycles. The number of carbonyl (C=O) groups excluding carboxylic acids is 2. The second-order valence-electron chi connectivity index (χ2n) is 11.6. The molecule has 206 valence electrons. The first-order valence-corrected chi connectivity index (χ1v) is 14.2. The summed E-state index contributed by atoms with van der Waals surface area (Å²) in [7, 11) is 0. The normalized spacial score (nSPS) is 35.9. The number of nitrogens with zero attached hydrogens (tertiary/aromatic N) is 1. The molecule has 0 saturated carbocycles. The number of esters is 1. The molecule has 2 N–H and O–H groups in total. The molecule has 0 bridgehead atoms. The summed E-state index contributed by atoms with van der Waals surface area (Å²) in [6, 6.07) is 0. The molecule has 0 unspecified atom stereocenters. The summed E-state index contributed by atoms with van der Waals surface area (Å²) in [4.78, 5) is 31.1.